The molecule has 0 bridgehead atoms. The Morgan fingerprint density at radius 2 is 1.90 bits per heavy atom. The maximum Gasteiger partial charge on any atom is 1.00 e. The fraction of sp³-hybridized carbons (Fsp3) is 0.333. The van der Waals surface area contributed by atoms with Crippen molar-refractivity contribution in [2.75, 3.05) is 0 Å². The van der Waals surface area contributed by atoms with E-state index in [4.69, 9.17) is 0 Å². The van der Waals surface area contributed by atoms with E-state index in [0.29, 0.717) is 0 Å². The quantitative estimate of drug-likeness (QED) is 0.384. The molecular weight excluding hydrogens is 131 g/mol. The zero-order chi connectivity index (χ0) is 6.53. The normalized spacial score (nSPS) is 8.50. The van der Waals surface area contributed by atoms with Crippen molar-refractivity contribution in [3.8, 4) is 0 Å². The molecule has 1 aromatic rings. The second-order valence-corrected chi connectivity index (χ2v) is 2.16. The second-order valence-electron chi connectivity index (χ2n) is 2.16. The molecule has 0 saturated carbocycles. The Morgan fingerprint density at radius 3 is 2.40 bits per heavy atom. The van der Waals surface area contributed by atoms with Gasteiger partial charge in [-0.3, -0.25) is 0 Å². The van der Waals surface area contributed by atoms with E-state index in [0.717, 1.165) is 0 Å². The van der Waals surface area contributed by atoms with Gasteiger partial charge >= 0.3 is 29.6 Å². The van der Waals surface area contributed by atoms with Crippen LogP contribution in [0.5, 0.6) is 0 Å². The summed E-state index contributed by atoms with van der Waals surface area (Å²) in [6.07, 6.45) is 2.42. The molecule has 0 aliphatic heterocycles. The summed E-state index contributed by atoms with van der Waals surface area (Å²) in [5.74, 6) is 0. The third-order valence-corrected chi connectivity index (χ3v) is 1.33. The van der Waals surface area contributed by atoms with Crippen molar-refractivity contribution in [1.82, 2.24) is 0 Å². The number of rotatable bonds is 2. The van der Waals surface area contributed by atoms with E-state index in [9.17, 15) is 0 Å². The predicted octanol–water partition coefficient (Wildman–Crippen LogP) is -0.557. The van der Waals surface area contributed by atoms with Crippen LogP contribution in [0.2, 0.25) is 0 Å². The van der Waals surface area contributed by atoms with E-state index in [1.54, 1.807) is 0 Å². The van der Waals surface area contributed by atoms with Crippen LogP contribution in [0.25, 0.3) is 0 Å². The van der Waals surface area contributed by atoms with Crippen LogP contribution < -0.4 is 29.6 Å². The molecule has 0 N–H and O–H groups in total. The molecule has 1 rings (SSSR count). The first-order chi connectivity index (χ1) is 4.43. The number of hydrogen-bond donors (Lipinski definition) is 0. The van der Waals surface area contributed by atoms with Crippen LogP contribution in [0.4, 0.5) is 0 Å². The molecule has 0 saturated heterocycles. The van der Waals surface area contributed by atoms with Crippen molar-refractivity contribution >= 4 is 0 Å². The molecule has 10 heavy (non-hydrogen) atoms. The standard InChI is InChI=1S/C9H11.Na/c1-2-6-9-7-4-3-5-8-9;/h4-5,7-8H,2,6H2,1H3;/q-1;+1. The van der Waals surface area contributed by atoms with Crippen LogP contribution in [-0.4, -0.2) is 0 Å². The van der Waals surface area contributed by atoms with Gasteiger partial charge in [0.1, 0.15) is 0 Å². The van der Waals surface area contributed by atoms with Crippen molar-refractivity contribution in [2.45, 2.75) is 19.8 Å². The Morgan fingerprint density at radius 1 is 1.30 bits per heavy atom. The average Bonchev–Trinajstić information content (AvgIpc) is 1.91. The maximum absolute atomic E-state index is 2.99. The van der Waals surface area contributed by atoms with Crippen LogP contribution >= 0.6 is 0 Å². The minimum absolute atomic E-state index is 0. The van der Waals surface area contributed by atoms with Gasteiger partial charge in [0.2, 0.25) is 0 Å². The van der Waals surface area contributed by atoms with Gasteiger partial charge in [-0.15, -0.1) is 0 Å². The smallest absolute Gasteiger partial charge is 0.184 e. The summed E-state index contributed by atoms with van der Waals surface area (Å²) in [5, 5.41) is 0. The molecule has 0 atom stereocenters. The maximum atomic E-state index is 2.99. The monoisotopic (exact) mass is 142 g/mol. The fourth-order valence-corrected chi connectivity index (χ4v) is 0.877. The Labute approximate surface area is 84.9 Å². The van der Waals surface area contributed by atoms with Crippen molar-refractivity contribution in [3.63, 3.8) is 0 Å². The van der Waals surface area contributed by atoms with Gasteiger partial charge < -0.3 is 0 Å². The van der Waals surface area contributed by atoms with E-state index in [-0.39, 0.29) is 29.6 Å². The van der Waals surface area contributed by atoms with Crippen molar-refractivity contribution in [3.05, 3.63) is 35.9 Å². The third-order valence-electron chi connectivity index (χ3n) is 1.33. The van der Waals surface area contributed by atoms with Gasteiger partial charge in [-0.25, -0.2) is 0 Å². The molecular formula is C9H11Na. The summed E-state index contributed by atoms with van der Waals surface area (Å²) in [6, 6.07) is 11.1. The second kappa shape index (κ2) is 5.96. The van der Waals surface area contributed by atoms with Crippen molar-refractivity contribution < 1.29 is 29.6 Å². The average molecular weight is 142 g/mol. The molecule has 1 heteroatoms. The summed E-state index contributed by atoms with van der Waals surface area (Å²) >= 11 is 0. The molecule has 48 valence electrons. The minimum Gasteiger partial charge on any atom is -0.184 e. The summed E-state index contributed by atoms with van der Waals surface area (Å²) < 4.78 is 0. The Bertz CT molecular complexity index is 158. The van der Waals surface area contributed by atoms with E-state index < -0.39 is 0 Å². The van der Waals surface area contributed by atoms with Gasteiger partial charge in [0.25, 0.3) is 0 Å². The molecule has 0 fully saturated rings. The van der Waals surface area contributed by atoms with E-state index in [1.165, 1.54) is 18.4 Å². The van der Waals surface area contributed by atoms with Gasteiger partial charge in [-0.1, -0.05) is 19.8 Å². The molecule has 0 aliphatic carbocycles. The number of benzene rings is 1. The fourth-order valence-electron chi connectivity index (χ4n) is 0.877. The van der Waals surface area contributed by atoms with Crippen LogP contribution in [0.3, 0.4) is 0 Å². The van der Waals surface area contributed by atoms with Crippen LogP contribution in [0.15, 0.2) is 24.3 Å². The molecule has 0 heterocycles. The molecule has 0 amide bonds. The molecule has 0 radical (unpaired) electrons. The van der Waals surface area contributed by atoms with Crippen LogP contribution in [0, 0.1) is 6.07 Å². The molecule has 0 unspecified atom stereocenters. The molecule has 0 aliphatic rings. The first-order valence-electron chi connectivity index (χ1n) is 3.38. The van der Waals surface area contributed by atoms with Crippen molar-refractivity contribution in [2.24, 2.45) is 0 Å². The Kier molecular flexibility index (Phi) is 6.10. The Balaban J connectivity index is 0.000000810. The molecule has 0 nitrogen and oxygen atoms in total. The van der Waals surface area contributed by atoms with Gasteiger partial charge in [0, 0.05) is 0 Å². The SMILES string of the molecule is CCCc1cc[c-]cc1.[Na+]. The van der Waals surface area contributed by atoms with E-state index in [2.05, 4.69) is 25.1 Å². The van der Waals surface area contributed by atoms with Gasteiger partial charge in [-0.05, 0) is 0 Å². The first kappa shape index (κ1) is 10.2. The van der Waals surface area contributed by atoms with Gasteiger partial charge in [0.05, 0.1) is 0 Å². The molecule has 0 aromatic heterocycles. The summed E-state index contributed by atoms with van der Waals surface area (Å²) in [5.41, 5.74) is 1.41. The topological polar surface area (TPSA) is 0 Å². The largest absolute Gasteiger partial charge is 1.00 e. The van der Waals surface area contributed by atoms with Crippen LogP contribution in [-0.2, 0) is 6.42 Å². The Hall–Kier alpha value is 0.220. The number of hydrogen-bond acceptors (Lipinski definition) is 0. The first-order valence-corrected chi connectivity index (χ1v) is 3.38. The third kappa shape index (κ3) is 3.40. The van der Waals surface area contributed by atoms with Crippen LogP contribution in [0.1, 0.15) is 18.9 Å². The van der Waals surface area contributed by atoms with Crippen molar-refractivity contribution in [1.29, 1.82) is 0 Å². The number of aryl methyl sites for hydroxylation is 1. The molecule has 1 aromatic carbocycles. The zero-order valence-corrected chi connectivity index (χ0v) is 8.72. The van der Waals surface area contributed by atoms with Gasteiger partial charge in [-0.2, -0.15) is 35.9 Å². The summed E-state index contributed by atoms with van der Waals surface area (Å²) in [4.78, 5) is 0. The minimum atomic E-state index is 0. The van der Waals surface area contributed by atoms with E-state index in [1.807, 2.05) is 12.1 Å². The summed E-state index contributed by atoms with van der Waals surface area (Å²) in [7, 11) is 0. The molecule has 0 spiro atoms. The van der Waals surface area contributed by atoms with E-state index >= 15 is 0 Å². The van der Waals surface area contributed by atoms with Gasteiger partial charge in [0.15, 0.2) is 0 Å². The summed E-state index contributed by atoms with van der Waals surface area (Å²) in [6.45, 7) is 2.19. The zero-order valence-electron chi connectivity index (χ0n) is 6.72. The predicted molar refractivity (Wildman–Crippen MR) is 39.3 cm³/mol.